The van der Waals surface area contributed by atoms with Gasteiger partial charge in [0, 0.05) is 19.3 Å². The highest BCUT2D eigenvalue weighted by molar-refractivity contribution is 5.71. The van der Waals surface area contributed by atoms with Gasteiger partial charge in [0.2, 0.25) is 0 Å². The zero-order valence-corrected chi connectivity index (χ0v) is 44.8. The van der Waals surface area contributed by atoms with E-state index >= 15 is 0 Å². The molecule has 0 aromatic heterocycles. The molecule has 1 atom stereocenters. The molecule has 0 amide bonds. The number of hydrogen-bond acceptors (Lipinski definition) is 6. The fraction of sp³-hybridized carbons (Fsp3) is 0.667. The number of allylic oxidation sites excluding steroid dienone is 18. The minimum absolute atomic E-state index is 0.0862. The lowest BCUT2D eigenvalue weighted by molar-refractivity contribution is -0.167. The lowest BCUT2D eigenvalue weighted by atomic mass is 10.0. The van der Waals surface area contributed by atoms with Crippen LogP contribution in [-0.2, 0) is 28.6 Å². The van der Waals surface area contributed by atoms with Gasteiger partial charge in [-0.05, 0) is 103 Å². The topological polar surface area (TPSA) is 78.9 Å². The first-order chi connectivity index (χ1) is 34.0. The summed E-state index contributed by atoms with van der Waals surface area (Å²) in [5.74, 6) is -0.921. The van der Waals surface area contributed by atoms with Gasteiger partial charge in [0.25, 0.3) is 0 Å². The molecule has 0 aliphatic rings. The van der Waals surface area contributed by atoms with E-state index in [1.54, 1.807) is 0 Å². The molecule has 0 aromatic carbocycles. The first kappa shape index (κ1) is 65.1. The SMILES string of the molecule is CC/C=C\C/C=C\C/C=C\C/C=C\C/C=C\C/C=C\CCCCCCCCCCCCCCC(=O)OCC(COC(=O)CCCCCCC)OC(=O)CCCCCCC/C=C\C/C=C\C/C=C\CC. The Morgan fingerprint density at radius 1 is 0.304 bits per heavy atom. The monoisotopic (exact) mass is 957 g/mol. The van der Waals surface area contributed by atoms with Gasteiger partial charge in [0.1, 0.15) is 13.2 Å². The molecule has 0 aromatic rings. The third-order valence-electron chi connectivity index (χ3n) is 11.8. The zero-order valence-electron chi connectivity index (χ0n) is 44.8. The van der Waals surface area contributed by atoms with E-state index in [2.05, 4.69) is 130 Å². The number of carbonyl (C=O) groups excluding carboxylic acids is 3. The highest BCUT2D eigenvalue weighted by atomic mass is 16.6. The van der Waals surface area contributed by atoms with Gasteiger partial charge in [0.05, 0.1) is 0 Å². The Kier molecular flexibility index (Phi) is 53.4. The summed E-state index contributed by atoms with van der Waals surface area (Å²) in [6.45, 7) is 6.31. The predicted molar refractivity (Wildman–Crippen MR) is 297 cm³/mol. The van der Waals surface area contributed by atoms with Gasteiger partial charge >= 0.3 is 17.9 Å². The van der Waals surface area contributed by atoms with Crippen LogP contribution in [0, 0.1) is 0 Å². The highest BCUT2D eigenvalue weighted by Crippen LogP contribution is 2.15. The van der Waals surface area contributed by atoms with E-state index in [0.717, 1.165) is 141 Å². The molecular weight excluding hydrogens is 853 g/mol. The second-order valence-corrected chi connectivity index (χ2v) is 18.4. The van der Waals surface area contributed by atoms with E-state index in [4.69, 9.17) is 14.2 Å². The average molecular weight is 958 g/mol. The molecule has 6 nitrogen and oxygen atoms in total. The molecule has 0 N–H and O–H groups in total. The lowest BCUT2D eigenvalue weighted by Gasteiger charge is -2.18. The summed E-state index contributed by atoms with van der Waals surface area (Å²) in [4.78, 5) is 37.7. The molecule has 0 fully saturated rings. The van der Waals surface area contributed by atoms with Crippen LogP contribution in [0.3, 0.4) is 0 Å². The van der Waals surface area contributed by atoms with Crippen LogP contribution < -0.4 is 0 Å². The quantitative estimate of drug-likeness (QED) is 0.0262. The minimum Gasteiger partial charge on any atom is -0.462 e. The molecular formula is C63H104O6. The molecule has 0 spiro atoms. The van der Waals surface area contributed by atoms with Crippen LogP contribution in [0.15, 0.2) is 109 Å². The Balaban J connectivity index is 4.05. The maximum atomic E-state index is 12.7. The van der Waals surface area contributed by atoms with E-state index in [9.17, 15) is 14.4 Å². The second-order valence-electron chi connectivity index (χ2n) is 18.4. The normalized spacial score (nSPS) is 12.9. The van der Waals surface area contributed by atoms with Crippen LogP contribution >= 0.6 is 0 Å². The first-order valence-electron chi connectivity index (χ1n) is 28.4. The van der Waals surface area contributed by atoms with Crippen molar-refractivity contribution in [3.63, 3.8) is 0 Å². The van der Waals surface area contributed by atoms with Gasteiger partial charge < -0.3 is 14.2 Å². The van der Waals surface area contributed by atoms with Gasteiger partial charge in [-0.3, -0.25) is 14.4 Å². The van der Waals surface area contributed by atoms with Crippen molar-refractivity contribution in [3.05, 3.63) is 109 Å². The molecule has 0 saturated heterocycles. The Labute approximate surface area is 425 Å². The molecule has 6 heteroatoms. The van der Waals surface area contributed by atoms with Crippen molar-refractivity contribution in [1.82, 2.24) is 0 Å². The molecule has 0 radical (unpaired) electrons. The van der Waals surface area contributed by atoms with Crippen molar-refractivity contribution in [1.29, 1.82) is 0 Å². The fourth-order valence-corrected chi connectivity index (χ4v) is 7.58. The minimum atomic E-state index is -0.784. The van der Waals surface area contributed by atoms with E-state index in [1.165, 1.54) is 70.6 Å². The third-order valence-corrected chi connectivity index (χ3v) is 11.8. The van der Waals surface area contributed by atoms with Crippen LogP contribution in [0.4, 0.5) is 0 Å². The van der Waals surface area contributed by atoms with Crippen molar-refractivity contribution >= 4 is 17.9 Å². The summed E-state index contributed by atoms with van der Waals surface area (Å²) >= 11 is 0. The van der Waals surface area contributed by atoms with Crippen LogP contribution in [0.25, 0.3) is 0 Å². The summed E-state index contributed by atoms with van der Waals surface area (Å²) in [6, 6.07) is 0. The third kappa shape index (κ3) is 54.9. The van der Waals surface area contributed by atoms with Crippen LogP contribution in [0.2, 0.25) is 0 Å². The molecule has 1 unspecified atom stereocenters. The van der Waals surface area contributed by atoms with E-state index in [-0.39, 0.29) is 31.1 Å². The fourth-order valence-electron chi connectivity index (χ4n) is 7.58. The molecule has 392 valence electrons. The smallest absolute Gasteiger partial charge is 0.306 e. The average Bonchev–Trinajstić information content (AvgIpc) is 3.35. The van der Waals surface area contributed by atoms with Gasteiger partial charge in [-0.25, -0.2) is 0 Å². The molecule has 0 aliphatic carbocycles. The molecule has 0 heterocycles. The van der Waals surface area contributed by atoms with Crippen molar-refractivity contribution in [2.75, 3.05) is 13.2 Å². The van der Waals surface area contributed by atoms with Gasteiger partial charge in [0.15, 0.2) is 6.10 Å². The molecule has 0 bridgehead atoms. The molecule has 69 heavy (non-hydrogen) atoms. The highest BCUT2D eigenvalue weighted by Gasteiger charge is 2.19. The lowest BCUT2D eigenvalue weighted by Crippen LogP contribution is -2.30. The van der Waals surface area contributed by atoms with E-state index in [1.807, 2.05) is 0 Å². The largest absolute Gasteiger partial charge is 0.462 e. The van der Waals surface area contributed by atoms with Gasteiger partial charge in [-0.2, -0.15) is 0 Å². The summed E-state index contributed by atoms with van der Waals surface area (Å²) in [6.07, 6.45) is 77.0. The van der Waals surface area contributed by atoms with Crippen molar-refractivity contribution in [3.8, 4) is 0 Å². The second kappa shape index (κ2) is 56.7. The number of carbonyl (C=O) groups is 3. The van der Waals surface area contributed by atoms with Crippen LogP contribution in [0.1, 0.15) is 252 Å². The van der Waals surface area contributed by atoms with Gasteiger partial charge in [-0.15, -0.1) is 0 Å². The van der Waals surface area contributed by atoms with Crippen LogP contribution in [0.5, 0.6) is 0 Å². The molecule has 0 rings (SSSR count). The maximum Gasteiger partial charge on any atom is 0.306 e. The number of esters is 3. The summed E-state index contributed by atoms with van der Waals surface area (Å²) in [7, 11) is 0. The standard InChI is InChI=1S/C63H104O6/c1-4-7-10-13-15-17-19-21-23-24-25-26-27-28-29-30-31-32-33-34-35-36-37-38-40-41-43-45-47-50-53-56-62(65)68-59-60(58-67-61(64)55-52-49-12-9-6-3)69-63(66)57-54-51-48-46-44-42-39-22-20-18-16-14-11-8-5-2/h7-8,10-11,15-18,21-23,25-26,28-29,31-32,39,60H,4-6,9,12-14,19-20,24,27,30,33-38,40-59H2,1-3H3/b10-7-,11-8-,17-15-,18-16-,23-21-,26-25-,29-28-,32-31-,39-22-. The zero-order chi connectivity index (χ0) is 50.0. The molecule has 0 saturated carbocycles. The first-order valence-corrected chi connectivity index (χ1v) is 28.4. The van der Waals surface area contributed by atoms with E-state index < -0.39 is 6.10 Å². The summed E-state index contributed by atoms with van der Waals surface area (Å²) < 4.78 is 16.7. The van der Waals surface area contributed by atoms with Crippen molar-refractivity contribution in [2.24, 2.45) is 0 Å². The molecule has 0 aliphatic heterocycles. The Bertz CT molecular complexity index is 1420. The Morgan fingerprint density at radius 3 is 0.884 bits per heavy atom. The predicted octanol–water partition coefficient (Wildman–Crippen LogP) is 19.1. The summed E-state index contributed by atoms with van der Waals surface area (Å²) in [5, 5.41) is 0. The number of hydrogen-bond donors (Lipinski definition) is 0. The van der Waals surface area contributed by atoms with Gasteiger partial charge in [-0.1, -0.05) is 239 Å². The van der Waals surface area contributed by atoms with E-state index in [0.29, 0.717) is 19.3 Å². The van der Waals surface area contributed by atoms with Crippen molar-refractivity contribution < 1.29 is 28.6 Å². The number of ether oxygens (including phenoxy) is 3. The Hall–Kier alpha value is -3.93. The van der Waals surface area contributed by atoms with Crippen LogP contribution in [-0.4, -0.2) is 37.2 Å². The Morgan fingerprint density at radius 2 is 0.565 bits per heavy atom. The van der Waals surface area contributed by atoms with Crippen molar-refractivity contribution in [2.45, 2.75) is 258 Å². The number of rotatable bonds is 50. The maximum absolute atomic E-state index is 12.7. The summed E-state index contributed by atoms with van der Waals surface area (Å²) in [5.41, 5.74) is 0. The number of unbranched alkanes of at least 4 members (excludes halogenated alkanes) is 21.